The summed E-state index contributed by atoms with van der Waals surface area (Å²) in [7, 11) is 0. The minimum atomic E-state index is -0.689. The number of nitrogens with one attached hydrogen (secondary N) is 1. The monoisotopic (exact) mass is 269 g/mol. The summed E-state index contributed by atoms with van der Waals surface area (Å²) in [6, 6.07) is 6.04. The molecule has 0 aliphatic carbocycles. The summed E-state index contributed by atoms with van der Waals surface area (Å²) < 4.78 is 18.4. The van der Waals surface area contributed by atoms with Gasteiger partial charge in [-0.05, 0) is 30.0 Å². The molecule has 108 valence electrons. The molecule has 0 saturated heterocycles. The van der Waals surface area contributed by atoms with Gasteiger partial charge in [-0.15, -0.1) is 0 Å². The maximum atomic E-state index is 13.0. The fourth-order valence-corrected chi connectivity index (χ4v) is 1.64. The fraction of sp³-hybridized carbons (Fsp3) is 0.600. The van der Waals surface area contributed by atoms with Crippen LogP contribution in [0, 0.1) is 11.7 Å². The number of ether oxygens (including phenoxy) is 1. The van der Waals surface area contributed by atoms with Crippen molar-refractivity contribution in [1.82, 2.24) is 5.32 Å². The lowest BCUT2D eigenvalue weighted by molar-refractivity contribution is 0.119. The Morgan fingerprint density at radius 1 is 1.32 bits per heavy atom. The van der Waals surface area contributed by atoms with Crippen LogP contribution in [0.3, 0.4) is 0 Å². The average Bonchev–Trinajstić information content (AvgIpc) is 2.37. The molecule has 0 heterocycles. The summed E-state index contributed by atoms with van der Waals surface area (Å²) >= 11 is 0. The molecule has 1 rings (SSSR count). The third-order valence-electron chi connectivity index (χ3n) is 2.83. The van der Waals surface area contributed by atoms with E-state index in [1.54, 1.807) is 12.1 Å². The van der Waals surface area contributed by atoms with Gasteiger partial charge in [0.15, 0.2) is 0 Å². The van der Waals surface area contributed by atoms with Crippen molar-refractivity contribution in [2.24, 2.45) is 5.92 Å². The van der Waals surface area contributed by atoms with Crippen molar-refractivity contribution in [3.8, 4) is 0 Å². The molecule has 0 fully saturated rings. The first-order valence-electron chi connectivity index (χ1n) is 6.81. The van der Waals surface area contributed by atoms with Gasteiger partial charge in [0.25, 0.3) is 0 Å². The molecule has 0 aliphatic rings. The van der Waals surface area contributed by atoms with Crippen LogP contribution in [-0.4, -0.2) is 31.4 Å². The second kappa shape index (κ2) is 9.02. The topological polar surface area (TPSA) is 41.5 Å². The van der Waals surface area contributed by atoms with Gasteiger partial charge in [0.2, 0.25) is 0 Å². The van der Waals surface area contributed by atoms with Crippen molar-refractivity contribution in [2.75, 3.05) is 26.3 Å². The molecule has 1 aromatic carbocycles. The molecular weight excluding hydrogens is 245 g/mol. The Kier molecular flexibility index (Phi) is 7.63. The average molecular weight is 269 g/mol. The molecule has 0 spiro atoms. The van der Waals surface area contributed by atoms with Gasteiger partial charge in [-0.2, -0.15) is 0 Å². The second-order valence-corrected chi connectivity index (χ2v) is 5.07. The smallest absolute Gasteiger partial charge is 0.123 e. The molecule has 4 heteroatoms. The Morgan fingerprint density at radius 2 is 2.11 bits per heavy atom. The highest BCUT2D eigenvalue weighted by atomic mass is 19.1. The van der Waals surface area contributed by atoms with Crippen LogP contribution < -0.4 is 5.32 Å². The Balaban J connectivity index is 2.09. The number of hydrogen-bond acceptors (Lipinski definition) is 3. The fourth-order valence-electron chi connectivity index (χ4n) is 1.64. The van der Waals surface area contributed by atoms with Crippen molar-refractivity contribution in [3.05, 3.63) is 35.6 Å². The summed E-state index contributed by atoms with van der Waals surface area (Å²) in [5.41, 5.74) is 0.591. The minimum Gasteiger partial charge on any atom is -0.387 e. The summed E-state index contributed by atoms with van der Waals surface area (Å²) in [5.74, 6) is 0.330. The van der Waals surface area contributed by atoms with Gasteiger partial charge >= 0.3 is 0 Å². The van der Waals surface area contributed by atoms with Crippen molar-refractivity contribution in [2.45, 2.75) is 26.4 Å². The molecule has 0 bridgehead atoms. The molecule has 1 unspecified atom stereocenters. The predicted octanol–water partition coefficient (Wildman–Crippen LogP) is 2.51. The Hall–Kier alpha value is -0.970. The van der Waals surface area contributed by atoms with Crippen LogP contribution in [0.1, 0.15) is 31.9 Å². The van der Waals surface area contributed by atoms with Gasteiger partial charge < -0.3 is 15.2 Å². The summed E-state index contributed by atoms with van der Waals surface area (Å²) in [6.45, 7) is 6.81. The molecule has 0 aliphatic heterocycles. The molecular formula is C15H24FNO2. The third kappa shape index (κ3) is 7.25. The number of rotatable bonds is 9. The first kappa shape index (κ1) is 16.1. The zero-order valence-corrected chi connectivity index (χ0v) is 11.7. The van der Waals surface area contributed by atoms with Gasteiger partial charge in [0.1, 0.15) is 5.82 Å². The van der Waals surface area contributed by atoms with Crippen molar-refractivity contribution in [1.29, 1.82) is 0 Å². The van der Waals surface area contributed by atoms with Crippen molar-refractivity contribution >= 4 is 0 Å². The highest BCUT2D eigenvalue weighted by molar-refractivity contribution is 5.18. The van der Waals surface area contributed by atoms with Crippen molar-refractivity contribution < 1.29 is 14.2 Å². The van der Waals surface area contributed by atoms with E-state index in [9.17, 15) is 9.50 Å². The van der Waals surface area contributed by atoms with E-state index in [0.717, 1.165) is 13.0 Å². The zero-order valence-electron chi connectivity index (χ0n) is 11.7. The van der Waals surface area contributed by atoms with Crippen LogP contribution in [0.15, 0.2) is 24.3 Å². The number of benzene rings is 1. The van der Waals surface area contributed by atoms with Crippen LogP contribution >= 0.6 is 0 Å². The quantitative estimate of drug-likeness (QED) is 0.677. The number of halogens is 1. The molecule has 19 heavy (non-hydrogen) atoms. The van der Waals surface area contributed by atoms with Crippen molar-refractivity contribution in [3.63, 3.8) is 0 Å². The molecule has 0 radical (unpaired) electrons. The van der Waals surface area contributed by atoms with E-state index in [4.69, 9.17) is 4.74 Å². The normalized spacial score (nSPS) is 12.9. The maximum Gasteiger partial charge on any atom is 0.123 e. The van der Waals surface area contributed by atoms with Crippen LogP contribution in [0.5, 0.6) is 0 Å². The van der Waals surface area contributed by atoms with E-state index in [1.165, 1.54) is 12.1 Å². The highest BCUT2D eigenvalue weighted by Gasteiger charge is 2.07. The van der Waals surface area contributed by atoms with E-state index < -0.39 is 6.10 Å². The Morgan fingerprint density at radius 3 is 2.79 bits per heavy atom. The molecule has 0 aromatic heterocycles. The molecule has 1 aromatic rings. The van der Waals surface area contributed by atoms with Gasteiger partial charge in [-0.3, -0.25) is 0 Å². The van der Waals surface area contributed by atoms with E-state index in [1.807, 2.05) is 0 Å². The molecule has 1 atom stereocenters. The summed E-state index contributed by atoms with van der Waals surface area (Å²) in [4.78, 5) is 0. The van der Waals surface area contributed by atoms with E-state index in [2.05, 4.69) is 19.2 Å². The lowest BCUT2D eigenvalue weighted by atomic mass is 10.1. The zero-order chi connectivity index (χ0) is 14.1. The van der Waals surface area contributed by atoms with Crippen LogP contribution in [0.25, 0.3) is 0 Å². The predicted molar refractivity (Wildman–Crippen MR) is 74.5 cm³/mol. The highest BCUT2D eigenvalue weighted by Crippen LogP contribution is 2.12. The standard InChI is InChI=1S/C15H24FNO2/c1-12(2)6-8-19-9-7-17-11-15(18)13-4-3-5-14(16)10-13/h3-5,10,12,15,17-18H,6-9,11H2,1-2H3. The Labute approximate surface area is 114 Å². The molecule has 2 N–H and O–H groups in total. The second-order valence-electron chi connectivity index (χ2n) is 5.07. The molecule has 0 saturated carbocycles. The lowest BCUT2D eigenvalue weighted by Crippen LogP contribution is -2.25. The number of aliphatic hydroxyl groups is 1. The summed E-state index contributed by atoms with van der Waals surface area (Å²) in [5, 5.41) is 12.9. The Bertz CT molecular complexity index is 358. The first-order chi connectivity index (χ1) is 9.09. The molecule has 0 amide bonds. The first-order valence-corrected chi connectivity index (χ1v) is 6.81. The van der Waals surface area contributed by atoms with Crippen LogP contribution in [0.2, 0.25) is 0 Å². The number of hydrogen-bond donors (Lipinski definition) is 2. The van der Waals surface area contributed by atoms with E-state index in [0.29, 0.717) is 31.2 Å². The molecule has 3 nitrogen and oxygen atoms in total. The van der Waals surface area contributed by atoms with Crippen LogP contribution in [-0.2, 0) is 4.74 Å². The van der Waals surface area contributed by atoms with Crippen LogP contribution in [0.4, 0.5) is 4.39 Å². The van der Waals surface area contributed by atoms with Gasteiger partial charge in [0.05, 0.1) is 12.7 Å². The van der Waals surface area contributed by atoms with E-state index >= 15 is 0 Å². The lowest BCUT2D eigenvalue weighted by Gasteiger charge is -2.12. The maximum absolute atomic E-state index is 13.0. The number of aliphatic hydroxyl groups excluding tert-OH is 1. The largest absolute Gasteiger partial charge is 0.387 e. The SMILES string of the molecule is CC(C)CCOCCNCC(O)c1cccc(F)c1. The third-order valence-corrected chi connectivity index (χ3v) is 2.83. The summed E-state index contributed by atoms with van der Waals surface area (Å²) in [6.07, 6.45) is 0.373. The van der Waals surface area contributed by atoms with Gasteiger partial charge in [-0.1, -0.05) is 26.0 Å². The minimum absolute atomic E-state index is 0.325. The van der Waals surface area contributed by atoms with Gasteiger partial charge in [0, 0.05) is 19.7 Å². The van der Waals surface area contributed by atoms with E-state index in [-0.39, 0.29) is 5.82 Å². The van der Waals surface area contributed by atoms with Gasteiger partial charge in [-0.25, -0.2) is 4.39 Å².